The van der Waals surface area contributed by atoms with E-state index in [1.807, 2.05) is 18.4 Å². The van der Waals surface area contributed by atoms with Crippen LogP contribution in [0.1, 0.15) is 40.9 Å². The highest BCUT2D eigenvalue weighted by Crippen LogP contribution is 2.31. The van der Waals surface area contributed by atoms with E-state index < -0.39 is 0 Å². The van der Waals surface area contributed by atoms with Crippen molar-refractivity contribution < 1.29 is 4.79 Å². The van der Waals surface area contributed by atoms with E-state index in [4.69, 9.17) is 5.73 Å². The predicted octanol–water partition coefficient (Wildman–Crippen LogP) is 3.00. The molecule has 1 aliphatic carbocycles. The van der Waals surface area contributed by atoms with E-state index in [0.717, 1.165) is 37.8 Å². The molecule has 1 saturated carbocycles. The van der Waals surface area contributed by atoms with Gasteiger partial charge in [-0.15, -0.1) is 11.3 Å². The van der Waals surface area contributed by atoms with Crippen molar-refractivity contribution in [2.45, 2.75) is 32.6 Å². The maximum absolute atomic E-state index is 12.2. The summed E-state index contributed by atoms with van der Waals surface area (Å²) in [5.74, 6) is 1.24. The molecule has 0 unspecified atom stereocenters. The number of ketones is 1. The first kappa shape index (κ1) is 11.8. The standard InChI is InChI=1S/C13H19NOS/c1-9-6-12(8-16-9)13(15)11-4-2-10(7-14)3-5-11/h6,8,10-11H,2-5,7,14H2,1H3. The lowest BCUT2D eigenvalue weighted by Crippen LogP contribution is -2.25. The summed E-state index contributed by atoms with van der Waals surface area (Å²) in [6.07, 6.45) is 4.29. The normalized spacial score (nSPS) is 25.6. The van der Waals surface area contributed by atoms with Crippen molar-refractivity contribution in [1.29, 1.82) is 0 Å². The van der Waals surface area contributed by atoms with Crippen LogP contribution in [0.4, 0.5) is 0 Å². The lowest BCUT2D eigenvalue weighted by atomic mass is 9.79. The molecule has 1 fully saturated rings. The molecule has 3 heteroatoms. The Morgan fingerprint density at radius 2 is 2.12 bits per heavy atom. The third-order valence-electron chi connectivity index (χ3n) is 3.57. The maximum atomic E-state index is 12.2. The summed E-state index contributed by atoms with van der Waals surface area (Å²) in [7, 11) is 0. The molecule has 1 aromatic rings. The summed E-state index contributed by atoms with van der Waals surface area (Å²) in [5, 5.41) is 1.99. The molecule has 2 N–H and O–H groups in total. The lowest BCUT2D eigenvalue weighted by Gasteiger charge is -2.26. The Balaban J connectivity index is 1.96. The molecule has 16 heavy (non-hydrogen) atoms. The minimum atomic E-state index is 0.247. The molecule has 2 nitrogen and oxygen atoms in total. The third-order valence-corrected chi connectivity index (χ3v) is 4.43. The van der Waals surface area contributed by atoms with Crippen LogP contribution in [0.25, 0.3) is 0 Å². The smallest absolute Gasteiger partial charge is 0.166 e. The topological polar surface area (TPSA) is 43.1 Å². The van der Waals surface area contributed by atoms with Crippen molar-refractivity contribution in [3.63, 3.8) is 0 Å². The quantitative estimate of drug-likeness (QED) is 0.821. The third kappa shape index (κ3) is 2.53. The van der Waals surface area contributed by atoms with E-state index >= 15 is 0 Å². The Morgan fingerprint density at radius 3 is 2.62 bits per heavy atom. The van der Waals surface area contributed by atoms with Gasteiger partial charge in [0, 0.05) is 21.7 Å². The van der Waals surface area contributed by atoms with Gasteiger partial charge in [-0.25, -0.2) is 0 Å². The number of nitrogens with two attached hydrogens (primary N) is 1. The average molecular weight is 237 g/mol. The summed E-state index contributed by atoms with van der Waals surface area (Å²) < 4.78 is 0. The van der Waals surface area contributed by atoms with Crippen LogP contribution < -0.4 is 5.73 Å². The first-order valence-corrected chi connectivity index (χ1v) is 6.88. The Labute approximate surface area is 101 Å². The van der Waals surface area contributed by atoms with Crippen molar-refractivity contribution in [3.8, 4) is 0 Å². The lowest BCUT2D eigenvalue weighted by molar-refractivity contribution is 0.0874. The Bertz CT molecular complexity index is 364. The average Bonchev–Trinajstić information content (AvgIpc) is 2.75. The molecule has 1 heterocycles. The number of carbonyl (C=O) groups excluding carboxylic acids is 1. The van der Waals surface area contributed by atoms with Gasteiger partial charge in [0.15, 0.2) is 5.78 Å². The molecule has 0 spiro atoms. The Morgan fingerprint density at radius 1 is 1.44 bits per heavy atom. The van der Waals surface area contributed by atoms with Crippen LogP contribution in [0.5, 0.6) is 0 Å². The van der Waals surface area contributed by atoms with Gasteiger partial charge in [-0.05, 0) is 51.1 Å². The second-order valence-corrected chi connectivity index (χ2v) is 5.88. The van der Waals surface area contributed by atoms with Gasteiger partial charge in [-0.3, -0.25) is 4.79 Å². The van der Waals surface area contributed by atoms with Crippen molar-refractivity contribution in [2.75, 3.05) is 6.54 Å². The maximum Gasteiger partial charge on any atom is 0.166 e. The molecule has 2 rings (SSSR count). The van der Waals surface area contributed by atoms with Gasteiger partial charge >= 0.3 is 0 Å². The van der Waals surface area contributed by atoms with Gasteiger partial charge in [0.25, 0.3) is 0 Å². The largest absolute Gasteiger partial charge is 0.330 e. The van der Waals surface area contributed by atoms with Crippen LogP contribution in [0.3, 0.4) is 0 Å². The molecule has 0 aromatic carbocycles. The minimum Gasteiger partial charge on any atom is -0.330 e. The van der Waals surface area contributed by atoms with Crippen LogP contribution >= 0.6 is 11.3 Å². The summed E-state index contributed by atoms with van der Waals surface area (Å²) >= 11 is 1.66. The molecule has 0 atom stereocenters. The summed E-state index contributed by atoms with van der Waals surface area (Å²) in [5.41, 5.74) is 6.57. The molecule has 0 aliphatic heterocycles. The molecule has 0 saturated heterocycles. The Kier molecular flexibility index (Phi) is 3.77. The fraction of sp³-hybridized carbons (Fsp3) is 0.615. The van der Waals surface area contributed by atoms with E-state index in [9.17, 15) is 4.79 Å². The van der Waals surface area contributed by atoms with Crippen LogP contribution in [-0.2, 0) is 0 Å². The molecular formula is C13H19NOS. The van der Waals surface area contributed by atoms with Gasteiger partial charge in [0.1, 0.15) is 0 Å². The van der Waals surface area contributed by atoms with E-state index in [1.165, 1.54) is 4.88 Å². The van der Waals surface area contributed by atoms with Crippen LogP contribution in [0, 0.1) is 18.8 Å². The second-order valence-electron chi connectivity index (χ2n) is 4.76. The number of aryl methyl sites for hydroxylation is 1. The zero-order valence-corrected chi connectivity index (χ0v) is 10.6. The van der Waals surface area contributed by atoms with Crippen LogP contribution in [0.2, 0.25) is 0 Å². The van der Waals surface area contributed by atoms with Gasteiger partial charge in [-0.2, -0.15) is 0 Å². The summed E-state index contributed by atoms with van der Waals surface area (Å²) in [6.45, 7) is 2.82. The number of rotatable bonds is 3. The van der Waals surface area contributed by atoms with Crippen LogP contribution in [-0.4, -0.2) is 12.3 Å². The summed E-state index contributed by atoms with van der Waals surface area (Å²) in [6, 6.07) is 2.02. The molecule has 1 aliphatic rings. The van der Waals surface area contributed by atoms with E-state index in [1.54, 1.807) is 11.3 Å². The van der Waals surface area contributed by atoms with Gasteiger partial charge in [-0.1, -0.05) is 0 Å². The molecule has 0 radical (unpaired) electrons. The van der Waals surface area contributed by atoms with Crippen molar-refractivity contribution >= 4 is 17.1 Å². The highest BCUT2D eigenvalue weighted by molar-refractivity contribution is 7.10. The number of thiophene rings is 1. The van der Waals surface area contributed by atoms with E-state index in [2.05, 4.69) is 0 Å². The second kappa shape index (κ2) is 5.11. The van der Waals surface area contributed by atoms with Crippen LogP contribution in [0.15, 0.2) is 11.4 Å². The number of carbonyl (C=O) groups is 1. The zero-order chi connectivity index (χ0) is 11.5. The summed E-state index contributed by atoms with van der Waals surface area (Å²) in [4.78, 5) is 13.4. The van der Waals surface area contributed by atoms with Gasteiger partial charge < -0.3 is 5.73 Å². The monoisotopic (exact) mass is 237 g/mol. The molecule has 0 bridgehead atoms. The first-order valence-electron chi connectivity index (χ1n) is 6.00. The SMILES string of the molecule is Cc1cc(C(=O)C2CCC(CN)CC2)cs1. The number of hydrogen-bond donors (Lipinski definition) is 1. The van der Waals surface area contributed by atoms with Crippen molar-refractivity contribution in [1.82, 2.24) is 0 Å². The van der Waals surface area contributed by atoms with Crippen molar-refractivity contribution in [3.05, 3.63) is 21.9 Å². The highest BCUT2D eigenvalue weighted by Gasteiger charge is 2.26. The predicted molar refractivity (Wildman–Crippen MR) is 67.9 cm³/mol. The van der Waals surface area contributed by atoms with E-state index in [0.29, 0.717) is 11.7 Å². The minimum absolute atomic E-state index is 0.247. The molecule has 0 amide bonds. The van der Waals surface area contributed by atoms with Gasteiger partial charge in [0.05, 0.1) is 0 Å². The Hall–Kier alpha value is -0.670. The molecule has 88 valence electrons. The van der Waals surface area contributed by atoms with Crippen molar-refractivity contribution in [2.24, 2.45) is 17.6 Å². The van der Waals surface area contributed by atoms with E-state index in [-0.39, 0.29) is 5.92 Å². The van der Waals surface area contributed by atoms with Gasteiger partial charge in [0.2, 0.25) is 0 Å². The number of hydrogen-bond acceptors (Lipinski definition) is 3. The molecule has 1 aromatic heterocycles. The highest BCUT2D eigenvalue weighted by atomic mass is 32.1. The fourth-order valence-electron chi connectivity index (χ4n) is 2.47. The fourth-order valence-corrected chi connectivity index (χ4v) is 3.16. The zero-order valence-electron chi connectivity index (χ0n) is 9.74. The molecular weight excluding hydrogens is 218 g/mol. The first-order chi connectivity index (χ1) is 7.70. The number of Topliss-reactive ketones (excluding diaryl/α,β-unsaturated/α-hetero) is 1.